The first-order valence-electron chi connectivity index (χ1n) is 5.76. The lowest BCUT2D eigenvalue weighted by molar-refractivity contribution is 0.332. The van der Waals surface area contributed by atoms with E-state index in [9.17, 15) is 4.39 Å². The van der Waals surface area contributed by atoms with Crippen LogP contribution in [0.3, 0.4) is 0 Å². The molecule has 0 fully saturated rings. The van der Waals surface area contributed by atoms with Crippen molar-refractivity contribution in [1.82, 2.24) is 9.97 Å². The first-order valence-corrected chi connectivity index (χ1v) is 6.14. The highest BCUT2D eigenvalue weighted by molar-refractivity contribution is 6.28. The van der Waals surface area contributed by atoms with Crippen LogP contribution in [0.5, 0.6) is 5.75 Å². The van der Waals surface area contributed by atoms with Gasteiger partial charge in [0.05, 0.1) is 12.7 Å². The van der Waals surface area contributed by atoms with Crippen LogP contribution in [-0.2, 0) is 0 Å². The second kappa shape index (κ2) is 6.33. The molecule has 100 valence electrons. The van der Waals surface area contributed by atoms with Gasteiger partial charge in [-0.05, 0) is 36.2 Å². The van der Waals surface area contributed by atoms with Gasteiger partial charge in [-0.1, -0.05) is 12.1 Å². The van der Waals surface area contributed by atoms with Crippen molar-refractivity contribution in [3.8, 4) is 5.75 Å². The Morgan fingerprint density at radius 2 is 2.26 bits per heavy atom. The maximum Gasteiger partial charge on any atom is 0.224 e. The molecule has 1 heterocycles. The van der Waals surface area contributed by atoms with E-state index < -0.39 is 5.82 Å². The molecule has 2 aromatic rings. The van der Waals surface area contributed by atoms with Crippen molar-refractivity contribution < 1.29 is 9.13 Å². The summed E-state index contributed by atoms with van der Waals surface area (Å²) in [6.07, 6.45) is 1.03. The van der Waals surface area contributed by atoms with Crippen molar-refractivity contribution in [3.05, 3.63) is 47.1 Å². The zero-order valence-corrected chi connectivity index (χ0v) is 11.1. The number of anilines is 1. The molecule has 1 aromatic carbocycles. The van der Waals surface area contributed by atoms with Crippen LogP contribution >= 0.6 is 11.6 Å². The third-order valence-corrected chi connectivity index (χ3v) is 2.55. The highest BCUT2D eigenvalue weighted by Gasteiger charge is 2.04. The predicted octanol–water partition coefficient (Wildman–Crippen LogP) is 3.07. The fraction of sp³-hybridized carbons (Fsp3) is 0.231. The van der Waals surface area contributed by atoms with Gasteiger partial charge in [-0.25, -0.2) is 9.37 Å². The Hall–Kier alpha value is -1.88. The molecule has 0 spiro atoms. The quantitative estimate of drug-likeness (QED) is 0.676. The van der Waals surface area contributed by atoms with Crippen LogP contribution in [0.1, 0.15) is 5.56 Å². The molecule has 4 nitrogen and oxygen atoms in total. The van der Waals surface area contributed by atoms with Crippen molar-refractivity contribution in [2.75, 3.05) is 18.5 Å². The van der Waals surface area contributed by atoms with Gasteiger partial charge in [0.1, 0.15) is 12.4 Å². The molecule has 0 aliphatic rings. The normalized spacial score (nSPS) is 10.3. The van der Waals surface area contributed by atoms with E-state index in [1.165, 1.54) is 0 Å². The van der Waals surface area contributed by atoms with Crippen LogP contribution in [0.15, 0.2) is 30.5 Å². The van der Waals surface area contributed by atoms with Crippen molar-refractivity contribution in [1.29, 1.82) is 0 Å². The molecule has 0 saturated carbocycles. The van der Waals surface area contributed by atoms with E-state index in [1.54, 1.807) is 0 Å². The summed E-state index contributed by atoms with van der Waals surface area (Å²) in [7, 11) is 0. The lowest BCUT2D eigenvalue weighted by Gasteiger charge is -2.09. The maximum atomic E-state index is 13.3. The van der Waals surface area contributed by atoms with Crippen molar-refractivity contribution >= 4 is 17.4 Å². The van der Waals surface area contributed by atoms with Gasteiger partial charge in [-0.15, -0.1) is 0 Å². The molecule has 0 aliphatic carbocycles. The van der Waals surface area contributed by atoms with Crippen molar-refractivity contribution in [2.45, 2.75) is 6.92 Å². The molecule has 0 amide bonds. The van der Waals surface area contributed by atoms with E-state index >= 15 is 0 Å². The average Bonchev–Trinajstić information content (AvgIpc) is 2.39. The smallest absolute Gasteiger partial charge is 0.224 e. The summed E-state index contributed by atoms with van der Waals surface area (Å²) in [5.41, 5.74) is 1.12. The Labute approximate surface area is 115 Å². The Balaban J connectivity index is 1.82. The topological polar surface area (TPSA) is 47.0 Å². The number of aryl methyl sites for hydroxylation is 1. The number of hydrogen-bond acceptors (Lipinski definition) is 4. The number of benzene rings is 1. The molecule has 0 radical (unpaired) electrons. The van der Waals surface area contributed by atoms with E-state index in [0.29, 0.717) is 13.2 Å². The van der Waals surface area contributed by atoms with E-state index in [-0.39, 0.29) is 11.1 Å². The van der Waals surface area contributed by atoms with Crippen molar-refractivity contribution in [3.63, 3.8) is 0 Å². The minimum Gasteiger partial charge on any atom is -0.492 e. The van der Waals surface area contributed by atoms with Gasteiger partial charge in [0, 0.05) is 0 Å². The van der Waals surface area contributed by atoms with Gasteiger partial charge in [0.25, 0.3) is 0 Å². The lowest BCUT2D eigenvalue weighted by atomic mass is 10.2. The van der Waals surface area contributed by atoms with Crippen LogP contribution in [0.25, 0.3) is 0 Å². The summed E-state index contributed by atoms with van der Waals surface area (Å²) in [5.74, 6) is 0.316. The summed E-state index contributed by atoms with van der Waals surface area (Å²) in [6.45, 7) is 2.80. The highest BCUT2D eigenvalue weighted by Crippen LogP contribution is 2.13. The molecule has 0 atom stereocenters. The molecule has 2 rings (SSSR count). The second-order valence-corrected chi connectivity index (χ2v) is 4.27. The first kappa shape index (κ1) is 13.5. The summed E-state index contributed by atoms with van der Waals surface area (Å²) in [6, 6.07) is 7.71. The lowest BCUT2D eigenvalue weighted by Crippen LogP contribution is -2.13. The van der Waals surface area contributed by atoms with Crippen LogP contribution < -0.4 is 10.1 Å². The largest absolute Gasteiger partial charge is 0.492 e. The summed E-state index contributed by atoms with van der Waals surface area (Å²) < 4.78 is 18.8. The molecule has 0 aliphatic heterocycles. The second-order valence-electron chi connectivity index (χ2n) is 3.93. The number of halogens is 2. The molecule has 19 heavy (non-hydrogen) atoms. The first-order chi connectivity index (χ1) is 9.15. The molecular formula is C13H13ClFN3O. The molecule has 0 unspecified atom stereocenters. The SMILES string of the molecule is Cc1cccc(OCCNc2nc(Cl)ncc2F)c1. The standard InChI is InChI=1S/C13H13ClFN3O/c1-9-3-2-4-10(7-9)19-6-5-16-12-11(15)8-17-13(14)18-12/h2-4,7-8H,5-6H2,1H3,(H,16,17,18). The maximum absolute atomic E-state index is 13.3. The summed E-state index contributed by atoms with van der Waals surface area (Å²) in [5, 5.41) is 2.81. The minimum atomic E-state index is -0.542. The summed E-state index contributed by atoms with van der Waals surface area (Å²) in [4.78, 5) is 7.28. The minimum absolute atomic E-state index is 0.00324. The molecule has 0 saturated heterocycles. The fourth-order valence-electron chi connectivity index (χ4n) is 1.51. The third-order valence-electron chi connectivity index (χ3n) is 2.37. The van der Waals surface area contributed by atoms with Crippen molar-refractivity contribution in [2.24, 2.45) is 0 Å². The molecule has 0 bridgehead atoms. The number of hydrogen-bond donors (Lipinski definition) is 1. The monoisotopic (exact) mass is 281 g/mol. The Morgan fingerprint density at radius 3 is 3.05 bits per heavy atom. The zero-order valence-electron chi connectivity index (χ0n) is 10.4. The van der Waals surface area contributed by atoms with Gasteiger partial charge in [0.15, 0.2) is 11.6 Å². The Morgan fingerprint density at radius 1 is 1.42 bits per heavy atom. The molecular weight excluding hydrogens is 269 g/mol. The van der Waals surface area contributed by atoms with Gasteiger partial charge in [-0.3, -0.25) is 0 Å². The highest BCUT2D eigenvalue weighted by atomic mass is 35.5. The number of aromatic nitrogens is 2. The summed E-state index contributed by atoms with van der Waals surface area (Å²) >= 11 is 5.58. The van der Waals surface area contributed by atoms with Gasteiger partial charge in [-0.2, -0.15) is 4.98 Å². The van der Waals surface area contributed by atoms with Crippen LogP contribution in [0.4, 0.5) is 10.2 Å². The van der Waals surface area contributed by atoms with E-state index in [1.807, 2.05) is 31.2 Å². The van der Waals surface area contributed by atoms with Crippen LogP contribution in [0, 0.1) is 12.7 Å². The van der Waals surface area contributed by atoms with Gasteiger partial charge >= 0.3 is 0 Å². The van der Waals surface area contributed by atoms with Crippen LogP contribution in [-0.4, -0.2) is 23.1 Å². The van der Waals surface area contributed by atoms with E-state index in [0.717, 1.165) is 17.5 Å². The number of rotatable bonds is 5. The van der Waals surface area contributed by atoms with Gasteiger partial charge < -0.3 is 10.1 Å². The average molecular weight is 282 g/mol. The van der Waals surface area contributed by atoms with E-state index in [2.05, 4.69) is 15.3 Å². The van der Waals surface area contributed by atoms with Gasteiger partial charge in [0.2, 0.25) is 5.28 Å². The molecule has 1 aromatic heterocycles. The third kappa shape index (κ3) is 4.06. The fourth-order valence-corrected chi connectivity index (χ4v) is 1.65. The number of nitrogens with one attached hydrogen (secondary N) is 1. The molecule has 6 heteroatoms. The zero-order chi connectivity index (χ0) is 13.7. The van der Waals surface area contributed by atoms with Crippen LogP contribution in [0.2, 0.25) is 5.28 Å². The van der Waals surface area contributed by atoms with E-state index in [4.69, 9.17) is 16.3 Å². The number of nitrogens with zero attached hydrogens (tertiary/aromatic N) is 2. The number of ether oxygens (including phenoxy) is 1. The molecule has 1 N–H and O–H groups in total. The predicted molar refractivity (Wildman–Crippen MR) is 72.2 cm³/mol. The Bertz CT molecular complexity index is 565. The Kier molecular flexibility index (Phi) is 4.52.